The number of phenols is 1. The van der Waals surface area contributed by atoms with Crippen molar-refractivity contribution in [2.24, 2.45) is 0 Å². The van der Waals surface area contributed by atoms with Crippen molar-refractivity contribution in [1.29, 1.82) is 0 Å². The number of amides is 1. The molecule has 0 aromatic heterocycles. The number of nitrogens with zero attached hydrogens (tertiary/aromatic N) is 1. The number of phenolic OH excluding ortho intramolecular Hbond substituents is 1. The highest BCUT2D eigenvalue weighted by atomic mass is 35.5. The highest BCUT2D eigenvalue weighted by molar-refractivity contribution is 6.31. The number of halogens is 1. The molecule has 0 saturated carbocycles. The molecule has 0 aliphatic carbocycles. The summed E-state index contributed by atoms with van der Waals surface area (Å²) in [4.78, 5) is 13.9. The third-order valence-electron chi connectivity index (χ3n) is 3.01. The summed E-state index contributed by atoms with van der Waals surface area (Å²) in [6.45, 7) is 2.41. The Morgan fingerprint density at radius 3 is 2.95 bits per heavy atom. The largest absolute Gasteiger partial charge is 0.507 e. The average Bonchev–Trinajstić information content (AvgIpc) is 2.40. The number of aliphatic hydroxyl groups is 1. The number of aromatic hydroxyl groups is 1. The number of hydrogen-bond donors (Lipinski definition) is 2. The number of aliphatic hydroxyl groups excluding tert-OH is 1. The van der Waals surface area contributed by atoms with Crippen LogP contribution in [0.25, 0.3) is 0 Å². The van der Waals surface area contributed by atoms with Gasteiger partial charge in [0.25, 0.3) is 5.91 Å². The molecule has 19 heavy (non-hydrogen) atoms. The molecular weight excluding hydrogens is 270 g/mol. The van der Waals surface area contributed by atoms with E-state index in [9.17, 15) is 9.90 Å². The zero-order valence-corrected chi connectivity index (χ0v) is 11.3. The van der Waals surface area contributed by atoms with Crippen LogP contribution < -0.4 is 0 Å². The van der Waals surface area contributed by atoms with Gasteiger partial charge in [-0.3, -0.25) is 4.79 Å². The second-order valence-electron chi connectivity index (χ2n) is 4.62. The van der Waals surface area contributed by atoms with E-state index in [0.29, 0.717) is 18.1 Å². The molecule has 104 valence electrons. The number of ether oxygens (including phenoxy) is 1. The molecule has 5 nitrogen and oxygen atoms in total. The van der Waals surface area contributed by atoms with E-state index in [1.807, 2.05) is 6.92 Å². The third-order valence-corrected chi connectivity index (χ3v) is 3.24. The quantitative estimate of drug-likeness (QED) is 0.858. The summed E-state index contributed by atoms with van der Waals surface area (Å²) in [5.41, 5.74) is 0.165. The molecule has 2 atom stereocenters. The van der Waals surface area contributed by atoms with Crippen LogP contribution in [0.5, 0.6) is 5.75 Å². The number of carbonyl (C=O) groups excluding carboxylic acids is 1. The predicted molar refractivity (Wildman–Crippen MR) is 70.4 cm³/mol. The van der Waals surface area contributed by atoms with E-state index in [4.69, 9.17) is 21.4 Å². The fourth-order valence-electron chi connectivity index (χ4n) is 2.16. The SMILES string of the molecule is CC1CN(C(=O)c2cc(Cl)ccc2O)CC(CO)O1. The zero-order valence-electron chi connectivity index (χ0n) is 10.5. The van der Waals surface area contributed by atoms with E-state index in [1.54, 1.807) is 4.90 Å². The topological polar surface area (TPSA) is 70.0 Å². The van der Waals surface area contributed by atoms with E-state index in [-0.39, 0.29) is 29.9 Å². The fourth-order valence-corrected chi connectivity index (χ4v) is 2.33. The van der Waals surface area contributed by atoms with Crippen LogP contribution in [0.15, 0.2) is 18.2 Å². The number of benzene rings is 1. The third kappa shape index (κ3) is 3.18. The Morgan fingerprint density at radius 1 is 1.53 bits per heavy atom. The van der Waals surface area contributed by atoms with Crippen molar-refractivity contribution in [2.45, 2.75) is 19.1 Å². The summed E-state index contributed by atoms with van der Waals surface area (Å²) in [6, 6.07) is 4.35. The average molecular weight is 286 g/mol. The van der Waals surface area contributed by atoms with E-state index < -0.39 is 6.10 Å². The number of rotatable bonds is 2. The van der Waals surface area contributed by atoms with Gasteiger partial charge >= 0.3 is 0 Å². The van der Waals surface area contributed by atoms with E-state index in [0.717, 1.165) is 0 Å². The van der Waals surface area contributed by atoms with Crippen LogP contribution >= 0.6 is 11.6 Å². The van der Waals surface area contributed by atoms with Crippen molar-refractivity contribution in [3.05, 3.63) is 28.8 Å². The maximum absolute atomic E-state index is 12.3. The maximum Gasteiger partial charge on any atom is 0.257 e. The van der Waals surface area contributed by atoms with Crippen LogP contribution in [0, 0.1) is 0 Å². The minimum absolute atomic E-state index is 0.103. The molecular formula is C13H16ClNO4. The Labute approximate surface area is 116 Å². The molecule has 1 heterocycles. The van der Waals surface area contributed by atoms with E-state index in [2.05, 4.69) is 0 Å². The monoisotopic (exact) mass is 285 g/mol. The molecule has 2 N–H and O–H groups in total. The predicted octanol–water partition coefficient (Wildman–Crippen LogP) is 1.27. The molecule has 0 radical (unpaired) electrons. The summed E-state index contributed by atoms with van der Waals surface area (Å²) >= 11 is 5.84. The van der Waals surface area contributed by atoms with Crippen molar-refractivity contribution in [2.75, 3.05) is 19.7 Å². The Kier molecular flexibility index (Phi) is 4.29. The maximum atomic E-state index is 12.3. The molecule has 1 fully saturated rings. The lowest BCUT2D eigenvalue weighted by Crippen LogP contribution is -2.50. The van der Waals surface area contributed by atoms with Gasteiger partial charge in [0.2, 0.25) is 0 Å². The van der Waals surface area contributed by atoms with Gasteiger partial charge in [-0.1, -0.05) is 11.6 Å². The van der Waals surface area contributed by atoms with E-state index in [1.165, 1.54) is 18.2 Å². The molecule has 1 aromatic rings. The molecule has 2 rings (SSSR count). The highest BCUT2D eigenvalue weighted by Crippen LogP contribution is 2.24. The summed E-state index contributed by atoms with van der Waals surface area (Å²) in [7, 11) is 0. The summed E-state index contributed by atoms with van der Waals surface area (Å²) in [5.74, 6) is -0.414. The number of hydrogen-bond acceptors (Lipinski definition) is 4. The lowest BCUT2D eigenvalue weighted by atomic mass is 10.1. The Morgan fingerprint density at radius 2 is 2.26 bits per heavy atom. The van der Waals surface area contributed by atoms with Crippen molar-refractivity contribution in [1.82, 2.24) is 4.90 Å². The van der Waals surface area contributed by atoms with Gasteiger partial charge in [-0.05, 0) is 25.1 Å². The van der Waals surface area contributed by atoms with Gasteiger partial charge in [-0.25, -0.2) is 0 Å². The molecule has 0 spiro atoms. The van der Waals surface area contributed by atoms with Crippen molar-refractivity contribution < 1.29 is 19.7 Å². The van der Waals surface area contributed by atoms with Crippen LogP contribution in [0.3, 0.4) is 0 Å². The van der Waals surface area contributed by atoms with Crippen LogP contribution in [0.2, 0.25) is 5.02 Å². The van der Waals surface area contributed by atoms with Crippen LogP contribution in [-0.2, 0) is 4.74 Å². The first-order chi connectivity index (χ1) is 9.01. The molecule has 6 heteroatoms. The van der Waals surface area contributed by atoms with Gasteiger partial charge in [-0.2, -0.15) is 0 Å². The molecule has 1 saturated heterocycles. The molecule has 1 aliphatic heterocycles. The lowest BCUT2D eigenvalue weighted by molar-refractivity contribution is -0.0859. The second-order valence-corrected chi connectivity index (χ2v) is 5.06. The van der Waals surface area contributed by atoms with Gasteiger partial charge in [-0.15, -0.1) is 0 Å². The standard InChI is InChI=1S/C13H16ClNO4/c1-8-5-15(6-10(7-16)19-8)13(18)11-4-9(14)2-3-12(11)17/h2-4,8,10,16-17H,5-7H2,1H3. The van der Waals surface area contributed by atoms with Crippen LogP contribution in [-0.4, -0.2) is 52.9 Å². The smallest absolute Gasteiger partial charge is 0.257 e. The van der Waals surface area contributed by atoms with Gasteiger partial charge in [0.1, 0.15) is 5.75 Å². The first-order valence-corrected chi connectivity index (χ1v) is 6.43. The second kappa shape index (κ2) is 5.77. The first kappa shape index (κ1) is 14.1. The number of morpholine rings is 1. The minimum atomic E-state index is -0.394. The molecule has 1 aromatic carbocycles. The Balaban J connectivity index is 2.21. The van der Waals surface area contributed by atoms with Gasteiger partial charge in [0, 0.05) is 18.1 Å². The first-order valence-electron chi connectivity index (χ1n) is 6.05. The summed E-state index contributed by atoms with van der Waals surface area (Å²) < 4.78 is 5.47. The van der Waals surface area contributed by atoms with E-state index >= 15 is 0 Å². The fraction of sp³-hybridized carbons (Fsp3) is 0.462. The molecule has 1 amide bonds. The van der Waals surface area contributed by atoms with Crippen molar-refractivity contribution in [3.8, 4) is 5.75 Å². The lowest BCUT2D eigenvalue weighted by Gasteiger charge is -2.36. The summed E-state index contributed by atoms with van der Waals surface area (Å²) in [5, 5.41) is 19.3. The van der Waals surface area contributed by atoms with Crippen molar-refractivity contribution >= 4 is 17.5 Å². The van der Waals surface area contributed by atoms with Crippen molar-refractivity contribution in [3.63, 3.8) is 0 Å². The molecule has 2 unspecified atom stereocenters. The zero-order chi connectivity index (χ0) is 14.0. The Hall–Kier alpha value is -1.30. The van der Waals surface area contributed by atoms with Crippen LogP contribution in [0.4, 0.5) is 0 Å². The minimum Gasteiger partial charge on any atom is -0.507 e. The summed E-state index contributed by atoms with van der Waals surface area (Å²) in [6.07, 6.45) is -0.551. The highest BCUT2D eigenvalue weighted by Gasteiger charge is 2.29. The van der Waals surface area contributed by atoms with Gasteiger partial charge < -0.3 is 19.8 Å². The normalized spacial score (nSPS) is 23.4. The molecule has 0 bridgehead atoms. The van der Waals surface area contributed by atoms with Crippen LogP contribution in [0.1, 0.15) is 17.3 Å². The number of carbonyl (C=O) groups is 1. The van der Waals surface area contributed by atoms with Gasteiger partial charge in [0.05, 0.1) is 24.4 Å². The van der Waals surface area contributed by atoms with Gasteiger partial charge in [0.15, 0.2) is 0 Å². The molecule has 1 aliphatic rings. The Bertz CT molecular complexity index is 480.